The Morgan fingerprint density at radius 2 is 2.22 bits per heavy atom. The van der Waals surface area contributed by atoms with Crippen LogP contribution in [0.1, 0.15) is 5.56 Å². The lowest BCUT2D eigenvalue weighted by Crippen LogP contribution is -2.27. The van der Waals surface area contributed by atoms with E-state index >= 15 is 0 Å². The molecule has 3 rings (SSSR count). The number of aromatic hydroxyl groups is 1. The molecule has 1 N–H and O–H groups in total. The molecule has 0 atom stereocenters. The minimum absolute atomic E-state index is 0.0176. The highest BCUT2D eigenvalue weighted by atomic mass is 32.2. The van der Waals surface area contributed by atoms with E-state index in [-0.39, 0.29) is 11.7 Å². The van der Waals surface area contributed by atoms with Crippen LogP contribution in [0.25, 0.3) is 6.08 Å². The lowest BCUT2D eigenvalue weighted by atomic mass is 10.2. The van der Waals surface area contributed by atoms with E-state index < -0.39 is 0 Å². The summed E-state index contributed by atoms with van der Waals surface area (Å²) in [6, 6.07) is 8.46. The summed E-state index contributed by atoms with van der Waals surface area (Å²) in [5.74, 6) is 0.192. The number of benzene rings is 1. The Labute approximate surface area is 142 Å². The number of phenols is 1. The van der Waals surface area contributed by atoms with E-state index in [0.717, 1.165) is 0 Å². The van der Waals surface area contributed by atoms with Crippen molar-refractivity contribution in [2.75, 3.05) is 12.0 Å². The summed E-state index contributed by atoms with van der Waals surface area (Å²) < 4.78 is 5.46. The van der Waals surface area contributed by atoms with Gasteiger partial charge in [0.15, 0.2) is 15.8 Å². The smallest absolute Gasteiger partial charge is 0.270 e. The molecular formula is C16H12N2O3S2. The van der Waals surface area contributed by atoms with Gasteiger partial charge >= 0.3 is 0 Å². The fraction of sp³-hybridized carbons (Fsp3) is 0.0625. The number of phenolic OH excluding ortho intramolecular Hbond substituents is 1. The van der Waals surface area contributed by atoms with Crippen molar-refractivity contribution in [3.63, 3.8) is 0 Å². The van der Waals surface area contributed by atoms with Gasteiger partial charge in [0.2, 0.25) is 0 Å². The quantitative estimate of drug-likeness (QED) is 0.681. The van der Waals surface area contributed by atoms with Crippen LogP contribution in [0, 0.1) is 0 Å². The first-order valence-corrected chi connectivity index (χ1v) is 7.87. The number of ether oxygens (including phenoxy) is 1. The summed E-state index contributed by atoms with van der Waals surface area (Å²) in [5.41, 5.74) is 1.32. The monoisotopic (exact) mass is 344 g/mol. The number of aromatic nitrogens is 1. The normalized spacial score (nSPS) is 16.2. The molecular weight excluding hydrogens is 332 g/mol. The molecule has 7 heteroatoms. The maximum atomic E-state index is 12.6. The van der Waals surface area contributed by atoms with Crippen molar-refractivity contribution in [1.29, 1.82) is 0 Å². The molecule has 23 heavy (non-hydrogen) atoms. The predicted octanol–water partition coefficient (Wildman–Crippen LogP) is 3.20. The lowest BCUT2D eigenvalue weighted by Gasteiger charge is -2.13. The third-order valence-electron chi connectivity index (χ3n) is 3.20. The first-order valence-electron chi connectivity index (χ1n) is 6.65. The van der Waals surface area contributed by atoms with Crippen LogP contribution in [0.15, 0.2) is 47.6 Å². The zero-order chi connectivity index (χ0) is 16.4. The number of rotatable bonds is 3. The molecule has 0 unspecified atom stereocenters. The van der Waals surface area contributed by atoms with Gasteiger partial charge in [-0.1, -0.05) is 30.0 Å². The number of thiocarbonyl (C=S) groups is 1. The van der Waals surface area contributed by atoms with Crippen LogP contribution >= 0.6 is 24.0 Å². The Hall–Kier alpha value is -2.38. The van der Waals surface area contributed by atoms with Crippen molar-refractivity contribution in [3.05, 3.63) is 53.2 Å². The second-order valence-corrected chi connectivity index (χ2v) is 6.34. The molecule has 1 aliphatic rings. The molecule has 0 radical (unpaired) electrons. The Bertz CT molecular complexity index is 806. The van der Waals surface area contributed by atoms with Crippen LogP contribution in [-0.4, -0.2) is 27.4 Å². The Balaban J connectivity index is 1.91. The summed E-state index contributed by atoms with van der Waals surface area (Å²) in [7, 11) is 1.48. The standard InChI is InChI=1S/C16H12N2O3S2/c1-21-13-5-4-10(7-12(13)19)8-14-15(20)18(16(22)23-14)11-3-2-6-17-9-11/h2-9,19H,1H3/b14-8-. The zero-order valence-corrected chi connectivity index (χ0v) is 13.7. The molecule has 1 aromatic heterocycles. The van der Waals surface area contributed by atoms with E-state index in [9.17, 15) is 9.90 Å². The number of amides is 1. The number of carbonyl (C=O) groups is 1. The number of anilines is 1. The first-order chi connectivity index (χ1) is 11.1. The van der Waals surface area contributed by atoms with Gasteiger partial charge in [-0.25, -0.2) is 0 Å². The summed E-state index contributed by atoms with van der Waals surface area (Å²) in [6.07, 6.45) is 4.92. The molecule has 1 aromatic carbocycles. The fourth-order valence-corrected chi connectivity index (χ4v) is 3.42. The van der Waals surface area contributed by atoms with Crippen LogP contribution in [-0.2, 0) is 4.79 Å². The highest BCUT2D eigenvalue weighted by Gasteiger charge is 2.33. The van der Waals surface area contributed by atoms with Crippen molar-refractivity contribution in [2.24, 2.45) is 0 Å². The maximum Gasteiger partial charge on any atom is 0.270 e. The molecule has 2 heterocycles. The number of hydrogen-bond acceptors (Lipinski definition) is 6. The van der Waals surface area contributed by atoms with E-state index in [1.165, 1.54) is 29.8 Å². The van der Waals surface area contributed by atoms with Crippen LogP contribution in [0.4, 0.5) is 5.69 Å². The number of thioether (sulfide) groups is 1. The first kappa shape index (κ1) is 15.5. The highest BCUT2D eigenvalue weighted by Crippen LogP contribution is 2.36. The van der Waals surface area contributed by atoms with Gasteiger partial charge in [0.05, 0.1) is 23.9 Å². The lowest BCUT2D eigenvalue weighted by molar-refractivity contribution is -0.113. The fourth-order valence-electron chi connectivity index (χ4n) is 2.12. The summed E-state index contributed by atoms with van der Waals surface area (Å²) >= 11 is 6.50. The molecule has 0 saturated carbocycles. The number of nitrogens with zero attached hydrogens (tertiary/aromatic N) is 2. The predicted molar refractivity (Wildman–Crippen MR) is 94.5 cm³/mol. The molecule has 5 nitrogen and oxygen atoms in total. The molecule has 1 saturated heterocycles. The Kier molecular flexibility index (Phi) is 4.31. The van der Waals surface area contributed by atoms with Crippen molar-refractivity contribution >= 4 is 46.0 Å². The zero-order valence-electron chi connectivity index (χ0n) is 12.1. The van der Waals surface area contributed by atoms with E-state index in [1.54, 1.807) is 42.7 Å². The van der Waals surface area contributed by atoms with E-state index in [4.69, 9.17) is 17.0 Å². The molecule has 0 aliphatic carbocycles. The summed E-state index contributed by atoms with van der Waals surface area (Å²) in [4.78, 5) is 18.5. The van der Waals surface area contributed by atoms with E-state index in [1.807, 2.05) is 0 Å². The maximum absolute atomic E-state index is 12.6. The topological polar surface area (TPSA) is 62.7 Å². The molecule has 2 aromatic rings. The average Bonchev–Trinajstić information content (AvgIpc) is 2.82. The average molecular weight is 344 g/mol. The minimum atomic E-state index is -0.205. The summed E-state index contributed by atoms with van der Waals surface area (Å²) in [6.45, 7) is 0. The van der Waals surface area contributed by atoms with Gasteiger partial charge in [0.1, 0.15) is 0 Å². The molecule has 1 fully saturated rings. The van der Waals surface area contributed by atoms with Crippen LogP contribution in [0.2, 0.25) is 0 Å². The van der Waals surface area contributed by atoms with Crippen molar-refractivity contribution in [2.45, 2.75) is 0 Å². The van der Waals surface area contributed by atoms with Gasteiger partial charge in [-0.3, -0.25) is 14.7 Å². The number of methoxy groups -OCH3 is 1. The molecule has 0 spiro atoms. The second-order valence-electron chi connectivity index (χ2n) is 4.66. The molecule has 116 valence electrons. The van der Waals surface area contributed by atoms with Crippen molar-refractivity contribution in [3.8, 4) is 11.5 Å². The van der Waals surface area contributed by atoms with Crippen LogP contribution < -0.4 is 9.64 Å². The van der Waals surface area contributed by atoms with Crippen molar-refractivity contribution < 1.29 is 14.6 Å². The summed E-state index contributed by atoms with van der Waals surface area (Å²) in [5, 5.41) is 9.82. The van der Waals surface area contributed by atoms with Gasteiger partial charge in [-0.05, 0) is 35.9 Å². The SMILES string of the molecule is COc1ccc(/C=C2\SC(=S)N(c3cccnc3)C2=O)cc1O. The van der Waals surface area contributed by atoms with E-state index in [2.05, 4.69) is 4.98 Å². The van der Waals surface area contributed by atoms with Crippen LogP contribution in [0.3, 0.4) is 0 Å². The van der Waals surface area contributed by atoms with E-state index in [0.29, 0.717) is 26.2 Å². The number of pyridine rings is 1. The second kappa shape index (κ2) is 6.39. The van der Waals surface area contributed by atoms with Gasteiger partial charge < -0.3 is 9.84 Å². The molecule has 0 bridgehead atoms. The third kappa shape index (κ3) is 3.06. The van der Waals surface area contributed by atoms with Gasteiger partial charge in [-0.2, -0.15) is 0 Å². The van der Waals surface area contributed by atoms with Crippen LogP contribution in [0.5, 0.6) is 11.5 Å². The largest absolute Gasteiger partial charge is 0.504 e. The molecule has 1 amide bonds. The number of carbonyl (C=O) groups excluding carboxylic acids is 1. The minimum Gasteiger partial charge on any atom is -0.504 e. The van der Waals surface area contributed by atoms with Crippen molar-refractivity contribution in [1.82, 2.24) is 4.98 Å². The van der Waals surface area contributed by atoms with Gasteiger partial charge in [0, 0.05) is 6.20 Å². The Morgan fingerprint density at radius 3 is 2.87 bits per heavy atom. The van der Waals surface area contributed by atoms with Gasteiger partial charge in [0.25, 0.3) is 5.91 Å². The Morgan fingerprint density at radius 1 is 1.39 bits per heavy atom. The van der Waals surface area contributed by atoms with Gasteiger partial charge in [-0.15, -0.1) is 0 Å². The third-order valence-corrected chi connectivity index (χ3v) is 4.50. The molecule has 1 aliphatic heterocycles. The highest BCUT2D eigenvalue weighted by molar-refractivity contribution is 8.27. The number of hydrogen-bond donors (Lipinski definition) is 1.